The highest BCUT2D eigenvalue weighted by Gasteiger charge is 2.24. The number of anilines is 1. The lowest BCUT2D eigenvalue weighted by Crippen LogP contribution is -2.33. The van der Waals surface area contributed by atoms with Crippen molar-refractivity contribution in [2.24, 2.45) is 28.9 Å². The maximum atomic E-state index is 13.0. The van der Waals surface area contributed by atoms with Crippen LogP contribution in [0, 0.1) is 5.92 Å². The molecule has 1 aliphatic rings. The molecule has 9 heteroatoms. The van der Waals surface area contributed by atoms with Crippen molar-refractivity contribution in [1.29, 1.82) is 0 Å². The van der Waals surface area contributed by atoms with E-state index in [9.17, 15) is 9.59 Å². The molecule has 0 aliphatic carbocycles. The summed E-state index contributed by atoms with van der Waals surface area (Å²) < 4.78 is 4.84. The van der Waals surface area contributed by atoms with Gasteiger partial charge in [0, 0.05) is 31.1 Å². The van der Waals surface area contributed by atoms with E-state index in [1.165, 1.54) is 0 Å². The van der Waals surface area contributed by atoms with E-state index in [1.54, 1.807) is 12.0 Å². The average Bonchev–Trinajstić information content (AvgIpc) is 2.92. The van der Waals surface area contributed by atoms with Crippen LogP contribution in [0.25, 0.3) is 11.4 Å². The van der Waals surface area contributed by atoms with Crippen molar-refractivity contribution in [1.82, 2.24) is 0 Å². The number of unbranched alkanes of at least 4 members (excludes halogenated alkanes) is 1. The van der Waals surface area contributed by atoms with Gasteiger partial charge in [-0.05, 0) is 50.3 Å². The Labute approximate surface area is 253 Å². The summed E-state index contributed by atoms with van der Waals surface area (Å²) in [5, 5.41) is 8.47. The van der Waals surface area contributed by atoms with Gasteiger partial charge in [0.25, 0.3) is 0 Å². The fraction of sp³-hybridized carbons (Fsp3) is 0.515. The largest absolute Gasteiger partial charge is 0.397 e. The van der Waals surface area contributed by atoms with Crippen LogP contribution in [-0.4, -0.2) is 42.3 Å². The summed E-state index contributed by atoms with van der Waals surface area (Å²) >= 11 is 0. The Morgan fingerprint density at radius 2 is 1.36 bits per heavy atom. The number of benzene rings is 2. The van der Waals surface area contributed by atoms with Gasteiger partial charge in [-0.1, -0.05) is 77.1 Å². The van der Waals surface area contributed by atoms with E-state index in [1.807, 2.05) is 76.2 Å². The van der Waals surface area contributed by atoms with Crippen molar-refractivity contribution >= 4 is 28.9 Å². The normalized spacial score (nSPS) is 14.0. The Bertz CT molecular complexity index is 1110. The fourth-order valence-electron chi connectivity index (χ4n) is 3.40. The molecular weight excluding hydrogens is 530 g/mol. The van der Waals surface area contributed by atoms with Crippen molar-refractivity contribution in [3.63, 3.8) is 0 Å². The number of rotatable bonds is 7. The lowest BCUT2D eigenvalue weighted by Gasteiger charge is -2.29. The first kappa shape index (κ1) is 38.6. The zero-order chi connectivity index (χ0) is 32.5. The highest BCUT2D eigenvalue weighted by molar-refractivity contribution is 6.00. The summed E-state index contributed by atoms with van der Waals surface area (Å²) in [7, 11) is 1.58. The summed E-state index contributed by atoms with van der Waals surface area (Å²) in [5.41, 5.74) is 26.9. The molecule has 9 nitrogen and oxygen atoms in total. The van der Waals surface area contributed by atoms with Crippen LogP contribution < -0.4 is 27.8 Å². The maximum absolute atomic E-state index is 13.0. The van der Waals surface area contributed by atoms with Crippen LogP contribution in [0.15, 0.2) is 48.5 Å². The van der Waals surface area contributed by atoms with E-state index in [-0.39, 0.29) is 24.0 Å². The van der Waals surface area contributed by atoms with E-state index >= 15 is 0 Å². The molecule has 9 N–H and O–H groups in total. The molecule has 0 unspecified atom stereocenters. The lowest BCUT2D eigenvalue weighted by atomic mass is 9.96. The molecule has 2 aromatic rings. The number of amides is 2. The van der Waals surface area contributed by atoms with Crippen molar-refractivity contribution in [2.45, 2.75) is 92.3 Å². The number of nitrogens with two attached hydrogens (primary N) is 4. The van der Waals surface area contributed by atoms with Crippen molar-refractivity contribution < 1.29 is 19.4 Å². The standard InChI is InChI=1S/C21H24N4O2.C5H12O2.C4H10.C3H9N/c22-18(26)11-5-6-12-19(27)25-13-14-7-1-2-8-15(14)20(23)21(24)16-9-3-4-10-17(16)25;1-5(2,4-6)7-3;1-4(2)3;1-3(2)4/h1-4,7-10H,5-6,11-13,23-24H2,(H2,22,26);6H,4H2,1-3H3;4H,1-3H3;3H,4H2,1-2H3/b21-20-;;;. The topological polar surface area (TPSA) is 171 Å². The molecule has 0 saturated carbocycles. The number of aliphatic hydroxyl groups is 1. The average molecular weight is 586 g/mol. The summed E-state index contributed by atoms with van der Waals surface area (Å²) in [6.45, 7) is 14.5. The molecule has 0 fully saturated rings. The number of carbonyl (C=O) groups excluding carboxylic acids is 2. The number of methoxy groups -OCH3 is 1. The summed E-state index contributed by atoms with van der Waals surface area (Å²) in [5.74, 6) is 0.469. The summed E-state index contributed by atoms with van der Waals surface area (Å²) in [6, 6.07) is 15.5. The van der Waals surface area contributed by atoms with Gasteiger partial charge in [0.15, 0.2) is 0 Å². The number of nitrogens with zero attached hydrogens (tertiary/aromatic N) is 1. The Morgan fingerprint density at radius 3 is 1.83 bits per heavy atom. The monoisotopic (exact) mass is 585 g/mol. The van der Waals surface area contributed by atoms with E-state index < -0.39 is 0 Å². The van der Waals surface area contributed by atoms with Crippen molar-refractivity contribution in [3.05, 3.63) is 65.2 Å². The van der Waals surface area contributed by atoms with Gasteiger partial charge in [-0.25, -0.2) is 0 Å². The molecule has 0 radical (unpaired) electrons. The molecule has 0 atom stereocenters. The molecule has 0 aromatic heterocycles. The third-order valence-corrected chi connectivity index (χ3v) is 5.71. The molecule has 1 aliphatic heterocycles. The molecular formula is C33H55N5O4. The minimum absolute atomic E-state index is 0.0185. The minimum atomic E-state index is -0.361. The Morgan fingerprint density at radius 1 is 0.905 bits per heavy atom. The van der Waals surface area contributed by atoms with E-state index in [2.05, 4.69) is 20.8 Å². The highest BCUT2D eigenvalue weighted by Crippen LogP contribution is 2.34. The van der Waals surface area contributed by atoms with Gasteiger partial charge < -0.3 is 37.7 Å². The predicted molar refractivity (Wildman–Crippen MR) is 175 cm³/mol. The number of hydrogen-bond donors (Lipinski definition) is 5. The van der Waals surface area contributed by atoms with Gasteiger partial charge in [-0.15, -0.1) is 0 Å². The first-order chi connectivity index (χ1) is 19.6. The first-order valence-electron chi connectivity index (χ1n) is 14.5. The van der Waals surface area contributed by atoms with Crippen LogP contribution in [0.2, 0.25) is 0 Å². The molecule has 0 bridgehead atoms. The molecule has 0 saturated heterocycles. The third-order valence-electron chi connectivity index (χ3n) is 5.71. The molecule has 3 rings (SSSR count). The van der Waals surface area contributed by atoms with Gasteiger partial charge in [-0.2, -0.15) is 0 Å². The van der Waals surface area contributed by atoms with Crippen LogP contribution in [0.1, 0.15) is 90.8 Å². The molecule has 2 amide bonds. The van der Waals surface area contributed by atoms with E-state index in [0.717, 1.165) is 28.3 Å². The van der Waals surface area contributed by atoms with E-state index in [4.69, 9.17) is 32.8 Å². The number of fused-ring (bicyclic) bond motifs is 2. The molecule has 42 heavy (non-hydrogen) atoms. The van der Waals surface area contributed by atoms with Gasteiger partial charge >= 0.3 is 0 Å². The van der Waals surface area contributed by atoms with Crippen molar-refractivity contribution in [3.8, 4) is 0 Å². The van der Waals surface area contributed by atoms with Gasteiger partial charge in [-0.3, -0.25) is 9.59 Å². The number of aliphatic hydroxyl groups excluding tert-OH is 1. The molecule has 1 heterocycles. The van der Waals surface area contributed by atoms with E-state index in [0.29, 0.717) is 49.7 Å². The third kappa shape index (κ3) is 15.0. The Balaban J connectivity index is 0.000000928. The number of hydrogen-bond acceptors (Lipinski definition) is 7. The number of carbonyl (C=O) groups is 2. The predicted octanol–water partition coefficient (Wildman–Crippen LogP) is 4.74. The van der Waals surface area contributed by atoms with Gasteiger partial charge in [0.05, 0.1) is 35.8 Å². The van der Waals surface area contributed by atoms with Crippen LogP contribution in [0.3, 0.4) is 0 Å². The second kappa shape index (κ2) is 19.7. The Kier molecular flexibility index (Phi) is 18.1. The molecule has 2 aromatic carbocycles. The SMILES string of the molecule is CC(C)C.CC(C)N.COC(C)(C)CO.NC(=O)CCCCC(=O)N1Cc2ccccc2/C(N)=C(/N)c2ccccc21. The lowest BCUT2D eigenvalue weighted by molar-refractivity contribution is -0.120. The quantitative estimate of drug-likeness (QED) is 0.292. The van der Waals surface area contributed by atoms with Crippen LogP contribution in [0.5, 0.6) is 0 Å². The zero-order valence-corrected chi connectivity index (χ0v) is 26.9. The van der Waals surface area contributed by atoms with Crippen LogP contribution in [-0.2, 0) is 20.9 Å². The second-order valence-corrected chi connectivity index (χ2v) is 11.8. The first-order valence-corrected chi connectivity index (χ1v) is 14.5. The van der Waals surface area contributed by atoms with Crippen LogP contribution in [0.4, 0.5) is 5.69 Å². The smallest absolute Gasteiger partial charge is 0.227 e. The fourth-order valence-corrected chi connectivity index (χ4v) is 3.40. The van der Waals surface area contributed by atoms with Crippen LogP contribution >= 0.6 is 0 Å². The molecule has 0 spiro atoms. The van der Waals surface area contributed by atoms with Gasteiger partial charge in [0.2, 0.25) is 11.8 Å². The Hall–Kier alpha value is -3.40. The van der Waals surface area contributed by atoms with Crippen molar-refractivity contribution in [2.75, 3.05) is 18.6 Å². The second-order valence-electron chi connectivity index (χ2n) is 11.8. The number of ether oxygens (including phenoxy) is 1. The zero-order valence-electron chi connectivity index (χ0n) is 26.9. The summed E-state index contributed by atoms with van der Waals surface area (Å²) in [4.78, 5) is 25.6. The number of primary amides is 1. The minimum Gasteiger partial charge on any atom is -0.397 e. The maximum Gasteiger partial charge on any atom is 0.227 e. The summed E-state index contributed by atoms with van der Waals surface area (Å²) in [6.07, 6.45) is 1.83. The molecule has 236 valence electrons. The van der Waals surface area contributed by atoms with Gasteiger partial charge in [0.1, 0.15) is 0 Å². The highest BCUT2D eigenvalue weighted by atomic mass is 16.5. The number of para-hydroxylation sites is 1.